The highest BCUT2D eigenvalue weighted by atomic mass is 16.5. The summed E-state index contributed by atoms with van der Waals surface area (Å²) in [6, 6.07) is 4.28. The monoisotopic (exact) mass is 344 g/mol. The lowest BCUT2D eigenvalue weighted by molar-refractivity contribution is -0.131. The number of methoxy groups -OCH3 is 2. The van der Waals surface area contributed by atoms with Crippen LogP contribution in [-0.4, -0.2) is 43.0 Å². The molecule has 0 unspecified atom stereocenters. The molecule has 25 heavy (non-hydrogen) atoms. The summed E-state index contributed by atoms with van der Waals surface area (Å²) in [7, 11) is 3.03. The zero-order chi connectivity index (χ0) is 18.0. The van der Waals surface area contributed by atoms with Crippen molar-refractivity contribution in [3.8, 4) is 11.5 Å². The Morgan fingerprint density at radius 2 is 1.84 bits per heavy atom. The van der Waals surface area contributed by atoms with Gasteiger partial charge < -0.3 is 9.47 Å². The van der Waals surface area contributed by atoms with Crippen LogP contribution in [-0.2, 0) is 9.59 Å². The van der Waals surface area contributed by atoms with Crippen LogP contribution < -0.4 is 14.8 Å². The lowest BCUT2D eigenvalue weighted by atomic mass is 10.0. The van der Waals surface area contributed by atoms with Crippen molar-refractivity contribution in [3.63, 3.8) is 0 Å². The van der Waals surface area contributed by atoms with E-state index in [0.29, 0.717) is 17.1 Å². The van der Waals surface area contributed by atoms with E-state index in [0.717, 1.165) is 25.7 Å². The molecule has 0 atom stereocenters. The topological polar surface area (TPSA) is 84.9 Å². The van der Waals surface area contributed by atoms with Crippen molar-refractivity contribution >= 4 is 23.9 Å². The predicted octanol–water partition coefficient (Wildman–Crippen LogP) is 2.11. The Hall–Kier alpha value is -2.83. The number of nitrogens with one attached hydrogen (secondary N) is 1. The van der Waals surface area contributed by atoms with Gasteiger partial charge in [-0.2, -0.15) is 0 Å². The number of carbonyl (C=O) groups is 3. The van der Waals surface area contributed by atoms with Gasteiger partial charge in [0, 0.05) is 17.7 Å². The molecule has 0 radical (unpaired) electrons. The third-order valence-electron chi connectivity index (χ3n) is 4.56. The summed E-state index contributed by atoms with van der Waals surface area (Å²) in [5, 5.41) is 2.26. The number of ether oxygens (including phenoxy) is 2. The van der Waals surface area contributed by atoms with Crippen molar-refractivity contribution in [2.24, 2.45) is 0 Å². The highest BCUT2D eigenvalue weighted by molar-refractivity contribution is 6.31. The fourth-order valence-corrected chi connectivity index (χ4v) is 3.26. The average molecular weight is 344 g/mol. The van der Waals surface area contributed by atoms with E-state index in [2.05, 4.69) is 5.32 Å². The number of urea groups is 1. The van der Waals surface area contributed by atoms with Gasteiger partial charge in [-0.25, -0.2) is 4.79 Å². The molecular formula is C18H20N2O5. The number of hydrogen-bond acceptors (Lipinski definition) is 5. The first-order valence-electron chi connectivity index (χ1n) is 8.17. The van der Waals surface area contributed by atoms with Crippen LogP contribution in [0.4, 0.5) is 4.79 Å². The van der Waals surface area contributed by atoms with E-state index in [1.807, 2.05) is 0 Å². The van der Waals surface area contributed by atoms with Crippen LogP contribution in [0.15, 0.2) is 23.8 Å². The molecule has 1 aromatic rings. The smallest absolute Gasteiger partial charge is 0.331 e. The Kier molecular flexibility index (Phi) is 4.74. The first kappa shape index (κ1) is 17.0. The molecule has 7 heteroatoms. The Balaban J connectivity index is 1.97. The highest BCUT2D eigenvalue weighted by Gasteiger charge is 2.40. The van der Waals surface area contributed by atoms with Gasteiger partial charge in [0.1, 0.15) is 17.1 Å². The van der Waals surface area contributed by atoms with Crippen LogP contribution in [0.3, 0.4) is 0 Å². The van der Waals surface area contributed by atoms with Crippen LogP contribution in [0.25, 0.3) is 6.08 Å². The largest absolute Gasteiger partial charge is 0.497 e. The summed E-state index contributed by atoms with van der Waals surface area (Å²) in [6.07, 6.45) is 4.94. The maximum Gasteiger partial charge on any atom is 0.331 e. The van der Waals surface area contributed by atoms with E-state index >= 15 is 0 Å². The minimum atomic E-state index is -0.692. The van der Waals surface area contributed by atoms with Crippen molar-refractivity contribution in [2.45, 2.75) is 31.7 Å². The molecule has 1 saturated carbocycles. The molecule has 2 aliphatic rings. The number of rotatable bonds is 4. The maximum atomic E-state index is 12.8. The molecular weight excluding hydrogens is 324 g/mol. The summed E-state index contributed by atoms with van der Waals surface area (Å²) in [4.78, 5) is 38.2. The Labute approximate surface area is 145 Å². The molecule has 0 bridgehead atoms. The van der Waals surface area contributed by atoms with E-state index in [4.69, 9.17) is 9.47 Å². The van der Waals surface area contributed by atoms with E-state index in [-0.39, 0.29) is 11.6 Å². The molecule has 4 amide bonds. The summed E-state index contributed by atoms with van der Waals surface area (Å²) >= 11 is 0. The number of benzene rings is 1. The molecule has 7 nitrogen and oxygen atoms in total. The van der Waals surface area contributed by atoms with Crippen LogP contribution in [0.2, 0.25) is 0 Å². The normalized spacial score (nSPS) is 20.2. The minimum absolute atomic E-state index is 0.0741. The molecule has 0 aromatic heterocycles. The Bertz CT molecular complexity index is 750. The fourth-order valence-electron chi connectivity index (χ4n) is 3.26. The van der Waals surface area contributed by atoms with E-state index in [1.165, 1.54) is 25.2 Å². The van der Waals surface area contributed by atoms with Crippen LogP contribution in [0, 0.1) is 0 Å². The number of carbonyl (C=O) groups excluding carboxylic acids is 3. The quantitative estimate of drug-likeness (QED) is 0.668. The molecule has 3 rings (SSSR count). The summed E-state index contributed by atoms with van der Waals surface area (Å²) in [5.74, 6) is -0.182. The number of barbiturate groups is 1. The van der Waals surface area contributed by atoms with Crippen molar-refractivity contribution in [2.75, 3.05) is 14.2 Å². The van der Waals surface area contributed by atoms with Gasteiger partial charge in [0.2, 0.25) is 0 Å². The molecule has 132 valence electrons. The van der Waals surface area contributed by atoms with E-state index < -0.39 is 17.8 Å². The molecule has 2 fully saturated rings. The van der Waals surface area contributed by atoms with Gasteiger partial charge in [-0.15, -0.1) is 0 Å². The minimum Gasteiger partial charge on any atom is -0.497 e. The molecule has 1 N–H and O–H groups in total. The van der Waals surface area contributed by atoms with Crippen molar-refractivity contribution < 1.29 is 23.9 Å². The molecule has 1 heterocycles. The highest BCUT2D eigenvalue weighted by Crippen LogP contribution is 2.30. The van der Waals surface area contributed by atoms with Gasteiger partial charge in [-0.3, -0.25) is 19.8 Å². The van der Waals surface area contributed by atoms with Crippen LogP contribution in [0.1, 0.15) is 31.2 Å². The van der Waals surface area contributed by atoms with E-state index in [1.54, 1.807) is 18.2 Å². The number of hydrogen-bond donors (Lipinski definition) is 1. The molecule has 1 aliphatic carbocycles. The standard InChI is InChI=1S/C18H20N2O5/c1-24-13-8-7-11(15(10-13)25-2)9-14-16(21)19-18(23)20(17(14)22)12-5-3-4-6-12/h7-10,12H,3-6H2,1-2H3,(H,19,21,23)/b14-9+. The molecule has 1 aliphatic heterocycles. The predicted molar refractivity (Wildman–Crippen MR) is 90.2 cm³/mol. The van der Waals surface area contributed by atoms with Gasteiger partial charge in [0.25, 0.3) is 11.8 Å². The van der Waals surface area contributed by atoms with Gasteiger partial charge in [0.15, 0.2) is 0 Å². The van der Waals surface area contributed by atoms with E-state index in [9.17, 15) is 14.4 Å². The van der Waals surface area contributed by atoms with Crippen molar-refractivity contribution in [1.29, 1.82) is 0 Å². The molecule has 0 spiro atoms. The lowest BCUT2D eigenvalue weighted by Crippen LogP contribution is -2.57. The first-order chi connectivity index (χ1) is 12.0. The molecule has 1 aromatic carbocycles. The zero-order valence-corrected chi connectivity index (χ0v) is 14.2. The first-order valence-corrected chi connectivity index (χ1v) is 8.17. The number of imide groups is 2. The summed E-state index contributed by atoms with van der Waals surface area (Å²) < 4.78 is 10.4. The lowest BCUT2D eigenvalue weighted by Gasteiger charge is -2.31. The van der Waals surface area contributed by atoms with Gasteiger partial charge in [-0.1, -0.05) is 12.8 Å². The zero-order valence-electron chi connectivity index (χ0n) is 14.2. The fraction of sp³-hybridized carbons (Fsp3) is 0.389. The van der Waals surface area contributed by atoms with Gasteiger partial charge >= 0.3 is 6.03 Å². The third kappa shape index (κ3) is 3.22. The van der Waals surface area contributed by atoms with Crippen LogP contribution >= 0.6 is 0 Å². The second kappa shape index (κ2) is 6.96. The van der Waals surface area contributed by atoms with Crippen molar-refractivity contribution in [1.82, 2.24) is 10.2 Å². The number of amides is 4. The van der Waals surface area contributed by atoms with Crippen LogP contribution in [0.5, 0.6) is 11.5 Å². The van der Waals surface area contributed by atoms with Gasteiger partial charge in [-0.05, 0) is 31.1 Å². The second-order valence-corrected chi connectivity index (χ2v) is 6.04. The SMILES string of the molecule is COc1ccc(/C=C2\C(=O)NC(=O)N(C3CCCC3)C2=O)c(OC)c1. The summed E-state index contributed by atoms with van der Waals surface area (Å²) in [6.45, 7) is 0. The number of nitrogens with zero attached hydrogens (tertiary/aromatic N) is 1. The molecule has 1 saturated heterocycles. The third-order valence-corrected chi connectivity index (χ3v) is 4.56. The Morgan fingerprint density at radius 3 is 2.48 bits per heavy atom. The average Bonchev–Trinajstić information content (AvgIpc) is 3.12. The van der Waals surface area contributed by atoms with Gasteiger partial charge in [0.05, 0.1) is 14.2 Å². The van der Waals surface area contributed by atoms with Crippen molar-refractivity contribution in [3.05, 3.63) is 29.3 Å². The second-order valence-electron chi connectivity index (χ2n) is 6.04. The Morgan fingerprint density at radius 1 is 1.12 bits per heavy atom. The maximum absolute atomic E-state index is 12.8. The summed E-state index contributed by atoms with van der Waals surface area (Å²) in [5.41, 5.74) is 0.484.